The maximum absolute atomic E-state index is 11.1. The monoisotopic (exact) mass is 303 g/mol. The smallest absolute Gasteiger partial charge is 0.305 e. The summed E-state index contributed by atoms with van der Waals surface area (Å²) in [6, 6.07) is -0.250. The van der Waals surface area contributed by atoms with Crippen LogP contribution in [0.4, 0.5) is 0 Å². The molecule has 2 fully saturated rings. The molecular formula is C14H25NO6. The van der Waals surface area contributed by atoms with Crippen LogP contribution in [0.25, 0.3) is 0 Å². The highest BCUT2D eigenvalue weighted by atomic mass is 16.8. The lowest BCUT2D eigenvalue weighted by atomic mass is 9.99. The SMILES string of the molecule is COC(=O)CCC[C@H](N)[C@H]1O[C@@H]2OC(C)(C)O[C@@H]2[C@H]1OC. The third-order valence-electron chi connectivity index (χ3n) is 3.87. The summed E-state index contributed by atoms with van der Waals surface area (Å²) in [6.07, 6.45) is 0.322. The number of hydrogen-bond donors (Lipinski definition) is 1. The van der Waals surface area contributed by atoms with Crippen LogP contribution in [0.15, 0.2) is 0 Å². The van der Waals surface area contributed by atoms with Crippen LogP contribution in [0.3, 0.4) is 0 Å². The topological polar surface area (TPSA) is 89.2 Å². The molecule has 0 saturated carbocycles. The molecule has 2 aliphatic heterocycles. The van der Waals surface area contributed by atoms with Gasteiger partial charge in [0, 0.05) is 19.6 Å². The van der Waals surface area contributed by atoms with Crippen LogP contribution in [0, 0.1) is 0 Å². The number of rotatable bonds is 6. The van der Waals surface area contributed by atoms with Gasteiger partial charge in [0.25, 0.3) is 0 Å². The van der Waals surface area contributed by atoms with Gasteiger partial charge in [0.05, 0.1) is 7.11 Å². The molecule has 2 rings (SSSR count). The molecule has 0 unspecified atom stereocenters. The predicted octanol–water partition coefficient (Wildman–Crippen LogP) is 0.548. The maximum atomic E-state index is 11.1. The first-order valence-electron chi connectivity index (χ1n) is 7.24. The molecule has 7 heteroatoms. The Morgan fingerprint density at radius 1 is 1.33 bits per heavy atom. The van der Waals surface area contributed by atoms with Gasteiger partial charge >= 0.3 is 5.97 Å². The van der Waals surface area contributed by atoms with E-state index in [-0.39, 0.29) is 30.3 Å². The second kappa shape index (κ2) is 6.58. The van der Waals surface area contributed by atoms with E-state index in [9.17, 15) is 4.79 Å². The van der Waals surface area contributed by atoms with E-state index in [0.717, 1.165) is 0 Å². The summed E-state index contributed by atoms with van der Waals surface area (Å²) in [5.41, 5.74) is 6.18. The minimum Gasteiger partial charge on any atom is -0.469 e. The molecule has 2 aliphatic rings. The van der Waals surface area contributed by atoms with Crippen LogP contribution in [0.2, 0.25) is 0 Å². The first-order valence-corrected chi connectivity index (χ1v) is 7.24. The van der Waals surface area contributed by atoms with Crippen molar-refractivity contribution in [3.8, 4) is 0 Å². The van der Waals surface area contributed by atoms with Crippen LogP contribution in [0.1, 0.15) is 33.1 Å². The number of ether oxygens (including phenoxy) is 5. The summed E-state index contributed by atoms with van der Waals surface area (Å²) in [4.78, 5) is 11.1. The molecule has 5 atom stereocenters. The molecule has 2 N–H and O–H groups in total. The van der Waals surface area contributed by atoms with Crippen LogP contribution in [-0.4, -0.2) is 56.6 Å². The van der Waals surface area contributed by atoms with Gasteiger partial charge in [-0.3, -0.25) is 4.79 Å². The molecule has 0 aromatic rings. The van der Waals surface area contributed by atoms with Crippen molar-refractivity contribution < 1.29 is 28.5 Å². The largest absolute Gasteiger partial charge is 0.469 e. The lowest BCUT2D eigenvalue weighted by molar-refractivity contribution is -0.219. The van der Waals surface area contributed by atoms with Gasteiger partial charge in [-0.1, -0.05) is 0 Å². The number of carbonyl (C=O) groups is 1. The standard InChI is InChI=1S/C14H25NO6/c1-14(2)20-12-11(18-4)10(19-13(12)21-14)8(15)6-5-7-9(16)17-3/h8,10-13H,5-7,15H2,1-4H3/t8-,10+,11-,12+,13+/m0/s1. The Bertz CT molecular complexity index is 374. The van der Waals surface area contributed by atoms with Crippen molar-refractivity contribution in [2.24, 2.45) is 5.73 Å². The van der Waals surface area contributed by atoms with E-state index in [1.807, 2.05) is 13.8 Å². The van der Waals surface area contributed by atoms with E-state index < -0.39 is 12.1 Å². The van der Waals surface area contributed by atoms with E-state index in [4.69, 9.17) is 24.7 Å². The van der Waals surface area contributed by atoms with Crippen molar-refractivity contribution in [3.05, 3.63) is 0 Å². The lowest BCUT2D eigenvalue weighted by Gasteiger charge is -2.28. The zero-order valence-electron chi connectivity index (χ0n) is 13.0. The van der Waals surface area contributed by atoms with Gasteiger partial charge in [-0.2, -0.15) is 0 Å². The van der Waals surface area contributed by atoms with Gasteiger partial charge in [0.2, 0.25) is 0 Å². The molecule has 2 saturated heterocycles. The molecule has 0 amide bonds. The molecule has 0 aromatic heterocycles. The molecule has 2 heterocycles. The summed E-state index contributed by atoms with van der Waals surface area (Å²) < 4.78 is 27.5. The number of nitrogens with two attached hydrogens (primary N) is 1. The number of methoxy groups -OCH3 is 2. The zero-order valence-corrected chi connectivity index (χ0v) is 13.0. The fourth-order valence-electron chi connectivity index (χ4n) is 2.87. The van der Waals surface area contributed by atoms with Crippen molar-refractivity contribution in [1.82, 2.24) is 0 Å². The van der Waals surface area contributed by atoms with Gasteiger partial charge in [-0.25, -0.2) is 0 Å². The normalized spacial score (nSPS) is 35.5. The van der Waals surface area contributed by atoms with Crippen molar-refractivity contribution in [2.45, 2.75) is 69.5 Å². The molecular weight excluding hydrogens is 278 g/mol. The van der Waals surface area contributed by atoms with E-state index in [2.05, 4.69) is 4.74 Å². The van der Waals surface area contributed by atoms with Gasteiger partial charge in [-0.15, -0.1) is 0 Å². The molecule has 0 aliphatic carbocycles. The molecule has 0 aromatic carbocycles. The van der Waals surface area contributed by atoms with Crippen molar-refractivity contribution in [2.75, 3.05) is 14.2 Å². The summed E-state index contributed by atoms with van der Waals surface area (Å²) in [7, 11) is 2.99. The summed E-state index contributed by atoms with van der Waals surface area (Å²) >= 11 is 0. The predicted molar refractivity (Wildman–Crippen MR) is 73.3 cm³/mol. The zero-order chi connectivity index (χ0) is 15.6. The van der Waals surface area contributed by atoms with Crippen molar-refractivity contribution >= 4 is 5.97 Å². The third kappa shape index (κ3) is 3.73. The minimum atomic E-state index is -0.675. The minimum absolute atomic E-state index is 0.233. The number of carbonyl (C=O) groups excluding carboxylic acids is 1. The molecule has 0 radical (unpaired) electrons. The summed E-state index contributed by atoms with van der Waals surface area (Å²) in [5.74, 6) is -0.908. The number of fused-ring (bicyclic) bond motifs is 1. The Hall–Kier alpha value is -0.730. The van der Waals surface area contributed by atoms with Crippen molar-refractivity contribution in [1.29, 1.82) is 0 Å². The summed E-state index contributed by atoms with van der Waals surface area (Å²) in [5, 5.41) is 0. The second-order valence-corrected chi connectivity index (χ2v) is 5.90. The number of esters is 1. The Labute approximate surface area is 125 Å². The fourth-order valence-corrected chi connectivity index (χ4v) is 2.87. The lowest BCUT2D eigenvalue weighted by Crippen LogP contribution is -2.46. The highest BCUT2D eigenvalue weighted by molar-refractivity contribution is 5.68. The molecule has 21 heavy (non-hydrogen) atoms. The van der Waals surface area contributed by atoms with Crippen LogP contribution >= 0.6 is 0 Å². The molecule has 0 spiro atoms. The fraction of sp³-hybridized carbons (Fsp3) is 0.929. The molecule has 0 bridgehead atoms. The van der Waals surface area contributed by atoms with E-state index in [1.54, 1.807) is 7.11 Å². The average molecular weight is 303 g/mol. The van der Waals surface area contributed by atoms with Gasteiger partial charge in [-0.05, 0) is 26.7 Å². The first-order chi connectivity index (χ1) is 9.88. The Balaban J connectivity index is 1.88. The molecule has 7 nitrogen and oxygen atoms in total. The van der Waals surface area contributed by atoms with Crippen LogP contribution < -0.4 is 5.73 Å². The first kappa shape index (κ1) is 16.6. The van der Waals surface area contributed by atoms with Gasteiger partial charge < -0.3 is 29.4 Å². The average Bonchev–Trinajstić information content (AvgIpc) is 2.89. The molecule has 122 valence electrons. The maximum Gasteiger partial charge on any atom is 0.305 e. The van der Waals surface area contributed by atoms with Gasteiger partial charge in [0.15, 0.2) is 12.1 Å². The van der Waals surface area contributed by atoms with Crippen LogP contribution in [0.5, 0.6) is 0 Å². The Kier molecular flexibility index (Phi) is 5.21. The van der Waals surface area contributed by atoms with Gasteiger partial charge in [0.1, 0.15) is 18.3 Å². The highest BCUT2D eigenvalue weighted by Crippen LogP contribution is 2.39. The van der Waals surface area contributed by atoms with E-state index >= 15 is 0 Å². The highest BCUT2D eigenvalue weighted by Gasteiger charge is 2.56. The number of hydrogen-bond acceptors (Lipinski definition) is 7. The Morgan fingerprint density at radius 3 is 2.67 bits per heavy atom. The summed E-state index contributed by atoms with van der Waals surface area (Å²) in [6.45, 7) is 3.68. The third-order valence-corrected chi connectivity index (χ3v) is 3.87. The van der Waals surface area contributed by atoms with Crippen LogP contribution in [-0.2, 0) is 28.5 Å². The quantitative estimate of drug-likeness (QED) is 0.717. The van der Waals surface area contributed by atoms with E-state index in [0.29, 0.717) is 19.3 Å². The van der Waals surface area contributed by atoms with Crippen molar-refractivity contribution in [3.63, 3.8) is 0 Å². The van der Waals surface area contributed by atoms with E-state index in [1.165, 1.54) is 7.11 Å². The second-order valence-electron chi connectivity index (χ2n) is 5.90. The Morgan fingerprint density at radius 2 is 2.05 bits per heavy atom.